The lowest BCUT2D eigenvalue weighted by atomic mass is 10.1. The number of phenolic OH excluding ortho intramolecular Hbond substituents is 1. The molecular weight excluding hydrogens is 468 g/mol. The molecule has 0 saturated carbocycles. The Morgan fingerprint density at radius 2 is 2.10 bits per heavy atom. The zero-order valence-electron chi connectivity index (χ0n) is 16.6. The van der Waals surface area contributed by atoms with Crippen molar-refractivity contribution < 1.29 is 14.6 Å². The van der Waals surface area contributed by atoms with E-state index in [0.29, 0.717) is 22.5 Å². The van der Waals surface area contributed by atoms with Crippen LogP contribution >= 0.6 is 27.7 Å². The number of nitrogens with one attached hydrogen (secondary N) is 1. The Morgan fingerprint density at radius 3 is 2.87 bits per heavy atom. The quantitative estimate of drug-likeness (QED) is 0.351. The number of aromatic nitrogens is 3. The van der Waals surface area contributed by atoms with Crippen LogP contribution in [0.1, 0.15) is 31.6 Å². The van der Waals surface area contributed by atoms with E-state index in [1.54, 1.807) is 23.9 Å². The summed E-state index contributed by atoms with van der Waals surface area (Å²) in [4.78, 5) is 4.63. The molecule has 0 aliphatic carbocycles. The number of anilines is 1. The van der Waals surface area contributed by atoms with E-state index in [1.165, 1.54) is 7.11 Å². The Kier molecular flexibility index (Phi) is 6.29. The largest absolute Gasteiger partial charge is 0.504 e. The van der Waals surface area contributed by atoms with Gasteiger partial charge in [0.25, 0.3) is 0 Å². The highest BCUT2D eigenvalue weighted by atomic mass is 79.9. The summed E-state index contributed by atoms with van der Waals surface area (Å²) < 4.78 is 12.3. The Labute approximate surface area is 187 Å². The zero-order chi connectivity index (χ0) is 21.1. The molecule has 0 radical (unpaired) electrons. The molecule has 4 rings (SSSR count). The molecule has 9 heteroatoms. The summed E-state index contributed by atoms with van der Waals surface area (Å²) in [5, 5.41) is 22.9. The Morgan fingerprint density at radius 1 is 1.23 bits per heavy atom. The standard InChI is InChI=1S/C21H21BrN4O3S/c1-3-4-9-30-21-24-20-18(25-26-21)14-11-13(22)6-7-15(14)23-19(29-20)12-5-8-17(28-2)16(27)10-12/h5-8,10-11,19,23,27H,3-4,9H2,1-2H3/t19-/m0/s1. The minimum absolute atomic E-state index is 0.0394. The third-order valence-corrected chi connectivity index (χ3v) is 6.04. The number of hydrogen-bond donors (Lipinski definition) is 2. The van der Waals surface area contributed by atoms with Crippen LogP contribution in [0.3, 0.4) is 0 Å². The van der Waals surface area contributed by atoms with Crippen LogP contribution in [-0.2, 0) is 0 Å². The van der Waals surface area contributed by atoms with Crippen LogP contribution in [0.25, 0.3) is 11.3 Å². The highest BCUT2D eigenvalue weighted by Gasteiger charge is 2.27. The van der Waals surface area contributed by atoms with E-state index in [1.807, 2.05) is 24.3 Å². The van der Waals surface area contributed by atoms with Crippen LogP contribution in [0.15, 0.2) is 46.0 Å². The molecule has 0 amide bonds. The molecule has 0 bridgehead atoms. The van der Waals surface area contributed by atoms with Gasteiger partial charge in [0, 0.05) is 27.0 Å². The number of phenols is 1. The zero-order valence-corrected chi connectivity index (χ0v) is 19.0. The first kappa shape index (κ1) is 20.7. The van der Waals surface area contributed by atoms with Crippen molar-refractivity contribution >= 4 is 33.4 Å². The van der Waals surface area contributed by atoms with Gasteiger partial charge in [-0.2, -0.15) is 4.98 Å². The van der Waals surface area contributed by atoms with E-state index >= 15 is 0 Å². The number of methoxy groups -OCH3 is 1. The Balaban J connectivity index is 1.76. The second kappa shape index (κ2) is 9.09. The molecule has 3 aromatic rings. The number of unbranched alkanes of at least 4 members (excludes halogenated alkanes) is 1. The monoisotopic (exact) mass is 488 g/mol. The van der Waals surface area contributed by atoms with Gasteiger partial charge in [-0.05, 0) is 42.8 Å². The van der Waals surface area contributed by atoms with Crippen molar-refractivity contribution in [3.8, 4) is 28.6 Å². The summed E-state index contributed by atoms with van der Waals surface area (Å²) in [5.41, 5.74) is 2.97. The molecular formula is C21H21BrN4O3S. The van der Waals surface area contributed by atoms with E-state index in [2.05, 4.69) is 43.4 Å². The third kappa shape index (κ3) is 4.32. The summed E-state index contributed by atoms with van der Waals surface area (Å²) in [6.07, 6.45) is 1.61. The summed E-state index contributed by atoms with van der Waals surface area (Å²) in [6.45, 7) is 2.15. The predicted molar refractivity (Wildman–Crippen MR) is 120 cm³/mol. The molecule has 2 N–H and O–H groups in total. The van der Waals surface area contributed by atoms with E-state index in [9.17, 15) is 5.11 Å². The van der Waals surface area contributed by atoms with Crippen molar-refractivity contribution in [2.24, 2.45) is 0 Å². The summed E-state index contributed by atoms with van der Waals surface area (Å²) in [7, 11) is 1.51. The lowest BCUT2D eigenvalue weighted by Gasteiger charge is -2.20. The van der Waals surface area contributed by atoms with E-state index in [0.717, 1.165) is 39.9 Å². The molecule has 30 heavy (non-hydrogen) atoms. The van der Waals surface area contributed by atoms with Crippen LogP contribution in [-0.4, -0.2) is 33.2 Å². The molecule has 2 aromatic carbocycles. The number of hydrogen-bond acceptors (Lipinski definition) is 8. The molecule has 1 aromatic heterocycles. The van der Waals surface area contributed by atoms with Gasteiger partial charge in [-0.25, -0.2) is 0 Å². The molecule has 0 unspecified atom stereocenters. The predicted octanol–water partition coefficient (Wildman–Crippen LogP) is 5.41. The van der Waals surface area contributed by atoms with Gasteiger partial charge in [0.2, 0.25) is 11.0 Å². The van der Waals surface area contributed by atoms with Gasteiger partial charge in [0.1, 0.15) is 0 Å². The first-order valence-corrected chi connectivity index (χ1v) is 11.3. The fourth-order valence-electron chi connectivity index (χ4n) is 3.06. The van der Waals surface area contributed by atoms with E-state index in [4.69, 9.17) is 9.47 Å². The maximum absolute atomic E-state index is 10.2. The maximum Gasteiger partial charge on any atom is 0.247 e. The second-order valence-electron chi connectivity index (χ2n) is 6.71. The highest BCUT2D eigenvalue weighted by Crippen LogP contribution is 2.41. The number of benzene rings is 2. The molecule has 7 nitrogen and oxygen atoms in total. The van der Waals surface area contributed by atoms with Crippen molar-refractivity contribution in [1.82, 2.24) is 15.2 Å². The first-order valence-electron chi connectivity index (χ1n) is 9.56. The first-order chi connectivity index (χ1) is 14.6. The number of nitrogens with zero attached hydrogens (tertiary/aromatic N) is 3. The lowest BCUT2D eigenvalue weighted by molar-refractivity contribution is 0.224. The number of halogens is 1. The minimum Gasteiger partial charge on any atom is -0.504 e. The number of ether oxygens (including phenoxy) is 2. The fourth-order valence-corrected chi connectivity index (χ4v) is 4.28. The molecule has 1 aliphatic heterocycles. The van der Waals surface area contributed by atoms with Crippen LogP contribution < -0.4 is 14.8 Å². The van der Waals surface area contributed by atoms with Gasteiger partial charge in [-0.1, -0.05) is 41.0 Å². The Bertz CT molecular complexity index is 1070. The van der Waals surface area contributed by atoms with Crippen LogP contribution in [0.2, 0.25) is 0 Å². The molecule has 2 heterocycles. The number of aromatic hydroxyl groups is 1. The minimum atomic E-state index is -0.576. The number of thioether (sulfide) groups is 1. The van der Waals surface area contributed by atoms with Crippen LogP contribution in [0.4, 0.5) is 5.69 Å². The van der Waals surface area contributed by atoms with Crippen molar-refractivity contribution in [3.05, 3.63) is 46.4 Å². The van der Waals surface area contributed by atoms with Gasteiger partial charge in [-0.15, -0.1) is 10.2 Å². The number of fused-ring (bicyclic) bond motifs is 3. The average Bonchev–Trinajstić information content (AvgIpc) is 2.90. The SMILES string of the molecule is CCCCSc1nnc2c(n1)O[C@@H](c1ccc(OC)c(O)c1)Nc1ccc(Br)cc1-2. The highest BCUT2D eigenvalue weighted by molar-refractivity contribution is 9.10. The van der Waals surface area contributed by atoms with Gasteiger partial charge in [-0.3, -0.25) is 0 Å². The molecule has 1 aliphatic rings. The van der Waals surface area contributed by atoms with Gasteiger partial charge in [0.05, 0.1) is 7.11 Å². The van der Waals surface area contributed by atoms with E-state index < -0.39 is 6.23 Å². The molecule has 0 fully saturated rings. The fraction of sp³-hybridized carbons (Fsp3) is 0.286. The summed E-state index contributed by atoms with van der Waals surface area (Å²) in [6, 6.07) is 11.0. The molecule has 0 spiro atoms. The van der Waals surface area contributed by atoms with Crippen molar-refractivity contribution in [3.63, 3.8) is 0 Å². The van der Waals surface area contributed by atoms with Crippen molar-refractivity contribution in [1.29, 1.82) is 0 Å². The lowest BCUT2D eigenvalue weighted by Crippen LogP contribution is -2.17. The van der Waals surface area contributed by atoms with Gasteiger partial charge >= 0.3 is 0 Å². The molecule has 0 saturated heterocycles. The second-order valence-corrected chi connectivity index (χ2v) is 8.69. The Hall–Kier alpha value is -2.52. The third-order valence-electron chi connectivity index (χ3n) is 4.62. The summed E-state index contributed by atoms with van der Waals surface area (Å²) in [5.74, 6) is 1.76. The van der Waals surface area contributed by atoms with Crippen molar-refractivity contribution in [2.75, 3.05) is 18.2 Å². The normalized spacial score (nSPS) is 14.7. The van der Waals surface area contributed by atoms with Crippen LogP contribution in [0, 0.1) is 0 Å². The average molecular weight is 489 g/mol. The number of rotatable bonds is 6. The topological polar surface area (TPSA) is 89.4 Å². The van der Waals surface area contributed by atoms with Crippen molar-refractivity contribution in [2.45, 2.75) is 31.1 Å². The molecule has 156 valence electrons. The smallest absolute Gasteiger partial charge is 0.247 e. The molecule has 1 atom stereocenters. The van der Waals surface area contributed by atoms with Gasteiger partial charge in [0.15, 0.2) is 23.4 Å². The van der Waals surface area contributed by atoms with Gasteiger partial charge < -0.3 is 19.9 Å². The van der Waals surface area contributed by atoms with Crippen LogP contribution in [0.5, 0.6) is 17.4 Å². The maximum atomic E-state index is 10.2. The van der Waals surface area contributed by atoms with E-state index in [-0.39, 0.29) is 5.75 Å². The summed E-state index contributed by atoms with van der Waals surface area (Å²) >= 11 is 5.08.